The summed E-state index contributed by atoms with van der Waals surface area (Å²) in [5, 5.41) is 4.15. The molecule has 4 rings (SSSR count). The van der Waals surface area contributed by atoms with E-state index in [2.05, 4.69) is 5.32 Å². The molecule has 2 aromatic carbocycles. The normalized spacial score (nSPS) is 26.5. The van der Waals surface area contributed by atoms with E-state index in [-0.39, 0.29) is 17.0 Å². The molecule has 27 heavy (non-hydrogen) atoms. The Kier molecular flexibility index (Phi) is 4.32. The molecule has 0 spiro atoms. The van der Waals surface area contributed by atoms with Crippen LogP contribution in [0.1, 0.15) is 35.6 Å². The van der Waals surface area contributed by atoms with Crippen molar-refractivity contribution in [2.75, 3.05) is 6.54 Å². The van der Waals surface area contributed by atoms with Crippen LogP contribution in [0.25, 0.3) is 0 Å². The lowest BCUT2D eigenvalue weighted by Crippen LogP contribution is -2.38. The van der Waals surface area contributed by atoms with Gasteiger partial charge in [0, 0.05) is 16.5 Å². The third-order valence-electron chi connectivity index (χ3n) is 6.20. The van der Waals surface area contributed by atoms with Crippen molar-refractivity contribution in [1.29, 1.82) is 0 Å². The molecule has 1 aliphatic carbocycles. The fraction of sp³-hybridized carbons (Fsp3) is 0.429. The van der Waals surface area contributed by atoms with Crippen molar-refractivity contribution in [3.05, 3.63) is 69.7 Å². The molecule has 1 N–H and O–H groups in total. The summed E-state index contributed by atoms with van der Waals surface area (Å²) >= 11 is 5.98. The van der Waals surface area contributed by atoms with E-state index in [1.807, 2.05) is 24.3 Å². The number of halogens is 5. The summed E-state index contributed by atoms with van der Waals surface area (Å²) in [6.45, 7) is 1.45. The monoisotopic (exact) mass is 397 g/mol. The lowest BCUT2D eigenvalue weighted by atomic mass is 9.73. The van der Waals surface area contributed by atoms with Crippen molar-refractivity contribution in [1.82, 2.24) is 5.32 Å². The summed E-state index contributed by atoms with van der Waals surface area (Å²) < 4.78 is 53.7. The second-order valence-corrected chi connectivity index (χ2v) is 8.23. The van der Waals surface area contributed by atoms with Crippen LogP contribution in [-0.2, 0) is 23.9 Å². The average Bonchev–Trinajstić information content (AvgIpc) is 3.11. The fourth-order valence-corrected chi connectivity index (χ4v) is 4.75. The summed E-state index contributed by atoms with van der Waals surface area (Å²) in [4.78, 5) is 0. The van der Waals surface area contributed by atoms with Gasteiger partial charge in [-0.05, 0) is 67.1 Å². The van der Waals surface area contributed by atoms with Crippen LogP contribution >= 0.6 is 11.6 Å². The molecular weight excluding hydrogens is 378 g/mol. The second kappa shape index (κ2) is 6.21. The Hall–Kier alpha value is -1.59. The molecule has 3 unspecified atom stereocenters. The molecule has 144 valence electrons. The van der Waals surface area contributed by atoms with Crippen molar-refractivity contribution in [3.63, 3.8) is 0 Å². The Labute approximate surface area is 160 Å². The molecule has 1 aliphatic heterocycles. The van der Waals surface area contributed by atoms with Crippen LogP contribution in [0.4, 0.5) is 17.6 Å². The van der Waals surface area contributed by atoms with Gasteiger partial charge in [0.2, 0.25) is 5.67 Å². The lowest BCUT2D eigenvalue weighted by molar-refractivity contribution is -0.228. The summed E-state index contributed by atoms with van der Waals surface area (Å²) in [6.07, 6.45) is -2.64. The van der Waals surface area contributed by atoms with Crippen LogP contribution in [0.15, 0.2) is 42.5 Å². The summed E-state index contributed by atoms with van der Waals surface area (Å²) in [7, 11) is 0. The molecule has 1 heterocycles. The first-order chi connectivity index (χ1) is 12.6. The number of rotatable bonds is 3. The van der Waals surface area contributed by atoms with Crippen LogP contribution in [-0.4, -0.2) is 18.8 Å². The highest BCUT2D eigenvalue weighted by Gasteiger charge is 2.55. The molecule has 0 amide bonds. The smallest absolute Gasteiger partial charge is 0.313 e. The minimum absolute atomic E-state index is 0.148. The van der Waals surface area contributed by atoms with Gasteiger partial charge in [0.05, 0.1) is 0 Å². The van der Waals surface area contributed by atoms with Gasteiger partial charge in [0.25, 0.3) is 0 Å². The Morgan fingerprint density at radius 2 is 1.81 bits per heavy atom. The fourth-order valence-electron chi connectivity index (χ4n) is 4.63. The zero-order chi connectivity index (χ0) is 19.4. The van der Waals surface area contributed by atoms with E-state index in [4.69, 9.17) is 11.6 Å². The minimum Gasteiger partial charge on any atom is -0.313 e. The van der Waals surface area contributed by atoms with E-state index in [1.165, 1.54) is 12.1 Å². The molecule has 2 aromatic rings. The van der Waals surface area contributed by atoms with E-state index in [1.54, 1.807) is 6.07 Å². The maximum atomic E-state index is 14.4. The SMILES string of the molecule is CC(F)(c1ccc2c(c1)CC1NCCC21Cc1ccc(Cl)cc1)C(F)(F)F. The summed E-state index contributed by atoms with van der Waals surface area (Å²) in [6, 6.07) is 12.2. The van der Waals surface area contributed by atoms with Crippen LogP contribution in [0, 0.1) is 0 Å². The van der Waals surface area contributed by atoms with Gasteiger partial charge in [-0.15, -0.1) is 0 Å². The van der Waals surface area contributed by atoms with E-state index in [9.17, 15) is 17.6 Å². The zero-order valence-electron chi connectivity index (χ0n) is 14.8. The van der Waals surface area contributed by atoms with E-state index >= 15 is 0 Å². The first kappa shape index (κ1) is 18.8. The van der Waals surface area contributed by atoms with Gasteiger partial charge in [0.15, 0.2) is 0 Å². The molecular formula is C21H20ClF4N. The predicted octanol–water partition coefficient (Wildman–Crippen LogP) is 5.49. The Morgan fingerprint density at radius 1 is 1.11 bits per heavy atom. The lowest BCUT2D eigenvalue weighted by Gasteiger charge is -2.31. The van der Waals surface area contributed by atoms with E-state index < -0.39 is 11.8 Å². The number of benzene rings is 2. The van der Waals surface area contributed by atoms with Gasteiger partial charge in [-0.25, -0.2) is 4.39 Å². The largest absolute Gasteiger partial charge is 0.426 e. The highest BCUT2D eigenvalue weighted by atomic mass is 35.5. The van der Waals surface area contributed by atoms with Crippen molar-refractivity contribution in [2.45, 2.75) is 49.5 Å². The Balaban J connectivity index is 1.73. The van der Waals surface area contributed by atoms with Crippen molar-refractivity contribution >= 4 is 11.6 Å². The van der Waals surface area contributed by atoms with Crippen molar-refractivity contribution in [2.24, 2.45) is 0 Å². The molecule has 6 heteroatoms. The molecule has 1 fully saturated rings. The van der Waals surface area contributed by atoms with Gasteiger partial charge >= 0.3 is 6.18 Å². The number of nitrogens with one attached hydrogen (secondary N) is 1. The number of hydrogen-bond donors (Lipinski definition) is 1. The first-order valence-electron chi connectivity index (χ1n) is 9.01. The molecule has 3 atom stereocenters. The quantitative estimate of drug-likeness (QED) is 0.676. The Morgan fingerprint density at radius 3 is 2.48 bits per heavy atom. The van der Waals surface area contributed by atoms with Gasteiger partial charge in [-0.2, -0.15) is 13.2 Å². The van der Waals surface area contributed by atoms with Gasteiger partial charge in [-0.1, -0.05) is 41.9 Å². The van der Waals surface area contributed by atoms with E-state index in [0.29, 0.717) is 18.4 Å². The standard InChI is InChI=1S/C21H20ClF4N/c1-19(23,21(24,25)26)15-4-7-17-14(10-15)11-18-20(17,8-9-27-18)12-13-2-5-16(22)6-3-13/h2-7,10,18,27H,8-9,11-12H2,1H3. The van der Waals surface area contributed by atoms with Crippen molar-refractivity contribution in [3.8, 4) is 0 Å². The third-order valence-corrected chi connectivity index (χ3v) is 6.45. The molecule has 0 saturated carbocycles. The third kappa shape index (κ3) is 2.95. The molecule has 1 nitrogen and oxygen atoms in total. The van der Waals surface area contributed by atoms with Gasteiger partial charge in [-0.3, -0.25) is 0 Å². The Bertz CT molecular complexity index is 859. The predicted molar refractivity (Wildman–Crippen MR) is 97.9 cm³/mol. The minimum atomic E-state index is -4.94. The van der Waals surface area contributed by atoms with Gasteiger partial charge in [0.1, 0.15) is 0 Å². The van der Waals surface area contributed by atoms with Crippen LogP contribution in [0.3, 0.4) is 0 Å². The van der Waals surface area contributed by atoms with E-state index in [0.717, 1.165) is 36.1 Å². The second-order valence-electron chi connectivity index (χ2n) is 7.79. The first-order valence-corrected chi connectivity index (χ1v) is 9.39. The topological polar surface area (TPSA) is 12.0 Å². The molecule has 2 aliphatic rings. The number of fused-ring (bicyclic) bond motifs is 3. The maximum absolute atomic E-state index is 14.4. The molecule has 0 aromatic heterocycles. The van der Waals surface area contributed by atoms with Crippen LogP contribution in [0.5, 0.6) is 0 Å². The molecule has 0 radical (unpaired) electrons. The van der Waals surface area contributed by atoms with Crippen molar-refractivity contribution < 1.29 is 17.6 Å². The van der Waals surface area contributed by atoms with Crippen LogP contribution < -0.4 is 5.32 Å². The number of hydrogen-bond acceptors (Lipinski definition) is 1. The highest BCUT2D eigenvalue weighted by Crippen LogP contribution is 2.49. The summed E-state index contributed by atoms with van der Waals surface area (Å²) in [5.74, 6) is 0. The summed E-state index contributed by atoms with van der Waals surface area (Å²) in [5.41, 5.74) is -0.865. The zero-order valence-corrected chi connectivity index (χ0v) is 15.6. The molecule has 1 saturated heterocycles. The highest BCUT2D eigenvalue weighted by molar-refractivity contribution is 6.30. The van der Waals surface area contributed by atoms with Gasteiger partial charge < -0.3 is 5.32 Å². The number of alkyl halides is 4. The average molecular weight is 398 g/mol. The molecule has 0 bridgehead atoms. The maximum Gasteiger partial charge on any atom is 0.426 e. The van der Waals surface area contributed by atoms with Crippen LogP contribution in [0.2, 0.25) is 5.02 Å².